The van der Waals surface area contributed by atoms with Crippen LogP contribution in [0.3, 0.4) is 0 Å². The number of rotatable bonds is 2. The van der Waals surface area contributed by atoms with Gasteiger partial charge in [0.15, 0.2) is 9.84 Å². The Labute approximate surface area is 131 Å². The highest BCUT2D eigenvalue weighted by atomic mass is 32.2. The number of hydrogen-bond acceptors (Lipinski definition) is 6. The molecule has 6 nitrogen and oxygen atoms in total. The highest BCUT2D eigenvalue weighted by Gasteiger charge is 2.14. The molecule has 118 valence electrons. The molecular formula is C16H12O6S. The zero-order valence-corrected chi connectivity index (χ0v) is 12.8. The summed E-state index contributed by atoms with van der Waals surface area (Å²) in [7, 11) is -3.33. The van der Waals surface area contributed by atoms with Crippen LogP contribution in [0.5, 0.6) is 11.5 Å². The Morgan fingerprint density at radius 3 is 2.30 bits per heavy atom. The lowest BCUT2D eigenvalue weighted by Crippen LogP contribution is -2.05. The van der Waals surface area contributed by atoms with Gasteiger partial charge in [0, 0.05) is 18.4 Å². The van der Waals surface area contributed by atoms with E-state index >= 15 is 0 Å². The molecule has 2 aromatic carbocycles. The molecule has 0 atom stereocenters. The van der Waals surface area contributed by atoms with Gasteiger partial charge >= 0.3 is 0 Å². The third-order valence-corrected chi connectivity index (χ3v) is 4.56. The number of phenolic OH excluding ortho intramolecular Hbond substituents is 2. The molecule has 7 heteroatoms. The van der Waals surface area contributed by atoms with Gasteiger partial charge in [-0.3, -0.25) is 4.79 Å². The molecule has 0 saturated heterocycles. The fourth-order valence-corrected chi connectivity index (χ4v) is 2.93. The van der Waals surface area contributed by atoms with Gasteiger partial charge in [-0.15, -0.1) is 0 Å². The van der Waals surface area contributed by atoms with Crippen LogP contribution in [0.4, 0.5) is 0 Å². The van der Waals surface area contributed by atoms with Crippen LogP contribution in [0.25, 0.3) is 22.1 Å². The van der Waals surface area contributed by atoms with Crippen LogP contribution in [0.1, 0.15) is 0 Å². The number of aromatic hydroxyl groups is 2. The second-order valence-corrected chi connectivity index (χ2v) is 7.13. The Bertz CT molecular complexity index is 1060. The van der Waals surface area contributed by atoms with Crippen molar-refractivity contribution in [1.82, 2.24) is 0 Å². The van der Waals surface area contributed by atoms with Gasteiger partial charge in [0.2, 0.25) is 5.43 Å². The number of benzene rings is 2. The quantitative estimate of drug-likeness (QED) is 0.746. The van der Waals surface area contributed by atoms with Crippen molar-refractivity contribution in [3.8, 4) is 22.6 Å². The molecule has 0 radical (unpaired) electrons. The molecule has 0 aliphatic rings. The van der Waals surface area contributed by atoms with Gasteiger partial charge in [-0.1, -0.05) is 12.1 Å². The zero-order chi connectivity index (χ0) is 16.8. The van der Waals surface area contributed by atoms with Gasteiger partial charge in [0.05, 0.1) is 10.5 Å². The van der Waals surface area contributed by atoms with E-state index < -0.39 is 15.3 Å². The van der Waals surface area contributed by atoms with Crippen molar-refractivity contribution >= 4 is 20.8 Å². The summed E-state index contributed by atoms with van der Waals surface area (Å²) in [6, 6.07) is 8.05. The molecule has 1 heterocycles. The van der Waals surface area contributed by atoms with E-state index in [0.29, 0.717) is 5.56 Å². The Morgan fingerprint density at radius 2 is 1.70 bits per heavy atom. The number of fused-ring (bicyclic) bond motifs is 1. The summed E-state index contributed by atoms with van der Waals surface area (Å²) in [5.74, 6) is -0.605. The van der Waals surface area contributed by atoms with Crippen molar-refractivity contribution in [1.29, 1.82) is 0 Å². The van der Waals surface area contributed by atoms with Crippen LogP contribution < -0.4 is 5.43 Å². The maximum Gasteiger partial charge on any atom is 0.204 e. The van der Waals surface area contributed by atoms with Crippen molar-refractivity contribution in [2.24, 2.45) is 0 Å². The average Bonchev–Trinajstić information content (AvgIpc) is 2.46. The lowest BCUT2D eigenvalue weighted by atomic mass is 10.1. The lowest BCUT2D eigenvalue weighted by molar-refractivity contribution is 0.452. The Kier molecular flexibility index (Phi) is 3.37. The van der Waals surface area contributed by atoms with E-state index in [0.717, 1.165) is 12.3 Å². The second kappa shape index (κ2) is 5.13. The summed E-state index contributed by atoms with van der Waals surface area (Å²) in [5, 5.41) is 19.2. The molecule has 0 bridgehead atoms. The summed E-state index contributed by atoms with van der Waals surface area (Å²) in [4.78, 5) is 12.7. The summed E-state index contributed by atoms with van der Waals surface area (Å²) in [6.07, 6.45) is 2.30. The molecule has 0 saturated carbocycles. The van der Waals surface area contributed by atoms with Crippen molar-refractivity contribution in [2.75, 3.05) is 6.26 Å². The molecule has 23 heavy (non-hydrogen) atoms. The molecule has 0 unspecified atom stereocenters. The van der Waals surface area contributed by atoms with E-state index in [-0.39, 0.29) is 32.9 Å². The van der Waals surface area contributed by atoms with Crippen LogP contribution in [-0.4, -0.2) is 24.9 Å². The predicted octanol–water partition coefficient (Wildman–Crippen LogP) is 2.27. The van der Waals surface area contributed by atoms with Crippen molar-refractivity contribution in [3.63, 3.8) is 0 Å². The fraction of sp³-hybridized carbons (Fsp3) is 0.0625. The first-order valence-corrected chi connectivity index (χ1v) is 8.44. The SMILES string of the molecule is CS(=O)(=O)c1ccc(-c2coc3cc(O)cc(O)c3c2=O)cc1. The largest absolute Gasteiger partial charge is 0.508 e. The third kappa shape index (κ3) is 2.66. The van der Waals surface area contributed by atoms with Crippen molar-refractivity contribution in [2.45, 2.75) is 4.90 Å². The number of sulfone groups is 1. The molecule has 0 aliphatic heterocycles. The summed E-state index contributed by atoms with van der Waals surface area (Å²) < 4.78 is 28.2. The predicted molar refractivity (Wildman–Crippen MR) is 84.4 cm³/mol. The molecule has 1 aromatic heterocycles. The molecule has 0 spiro atoms. The highest BCUT2D eigenvalue weighted by molar-refractivity contribution is 7.90. The normalized spacial score (nSPS) is 11.7. The van der Waals surface area contributed by atoms with Crippen LogP contribution in [0.2, 0.25) is 0 Å². The lowest BCUT2D eigenvalue weighted by Gasteiger charge is -2.05. The number of hydrogen-bond donors (Lipinski definition) is 2. The molecule has 3 aromatic rings. The van der Waals surface area contributed by atoms with Crippen molar-refractivity contribution < 1.29 is 23.0 Å². The van der Waals surface area contributed by atoms with E-state index in [1.165, 1.54) is 36.6 Å². The maximum absolute atomic E-state index is 12.5. The zero-order valence-electron chi connectivity index (χ0n) is 12.0. The first kappa shape index (κ1) is 15.1. The van der Waals surface area contributed by atoms with Gasteiger partial charge < -0.3 is 14.6 Å². The smallest absolute Gasteiger partial charge is 0.204 e. The van der Waals surface area contributed by atoms with Gasteiger partial charge in [0.1, 0.15) is 28.7 Å². The van der Waals surface area contributed by atoms with Crippen LogP contribution in [-0.2, 0) is 9.84 Å². The van der Waals surface area contributed by atoms with E-state index in [4.69, 9.17) is 4.42 Å². The maximum atomic E-state index is 12.5. The summed E-state index contributed by atoms with van der Waals surface area (Å²) >= 11 is 0. The molecule has 0 aliphatic carbocycles. The highest BCUT2D eigenvalue weighted by Crippen LogP contribution is 2.29. The van der Waals surface area contributed by atoms with Crippen LogP contribution >= 0.6 is 0 Å². The second-order valence-electron chi connectivity index (χ2n) is 5.11. The van der Waals surface area contributed by atoms with Gasteiger partial charge in [-0.25, -0.2) is 8.42 Å². The van der Waals surface area contributed by atoms with E-state index in [1.54, 1.807) is 0 Å². The van der Waals surface area contributed by atoms with Gasteiger partial charge in [0.25, 0.3) is 0 Å². The number of phenols is 2. The Morgan fingerprint density at radius 1 is 1.04 bits per heavy atom. The molecule has 3 rings (SSSR count). The van der Waals surface area contributed by atoms with Crippen LogP contribution in [0, 0.1) is 0 Å². The minimum atomic E-state index is -3.33. The van der Waals surface area contributed by atoms with Gasteiger partial charge in [-0.05, 0) is 17.7 Å². The molecule has 0 amide bonds. The van der Waals surface area contributed by atoms with Crippen LogP contribution in [0.15, 0.2) is 56.8 Å². The minimum absolute atomic E-state index is 0.0486. The van der Waals surface area contributed by atoms with Crippen molar-refractivity contribution in [3.05, 3.63) is 52.9 Å². The fourth-order valence-electron chi connectivity index (χ4n) is 2.30. The molecular weight excluding hydrogens is 320 g/mol. The van der Waals surface area contributed by atoms with E-state index in [1.807, 2.05) is 0 Å². The summed E-state index contributed by atoms with van der Waals surface area (Å²) in [5.41, 5.74) is 0.221. The van der Waals surface area contributed by atoms with Gasteiger partial charge in [-0.2, -0.15) is 0 Å². The first-order valence-electron chi connectivity index (χ1n) is 6.55. The topological polar surface area (TPSA) is 105 Å². The minimum Gasteiger partial charge on any atom is -0.508 e. The van der Waals surface area contributed by atoms with E-state index in [9.17, 15) is 23.4 Å². The Hall–Kier alpha value is -2.80. The average molecular weight is 332 g/mol. The first-order chi connectivity index (χ1) is 10.8. The monoisotopic (exact) mass is 332 g/mol. The summed E-state index contributed by atoms with van der Waals surface area (Å²) in [6.45, 7) is 0. The Balaban J connectivity index is 2.21. The third-order valence-electron chi connectivity index (χ3n) is 3.44. The van der Waals surface area contributed by atoms with E-state index in [2.05, 4.69) is 0 Å². The standard InChI is InChI=1S/C16H12O6S/c1-23(20,21)11-4-2-9(3-5-11)12-8-22-14-7-10(17)6-13(18)15(14)16(12)19/h2-8,17-18H,1H3. The molecule has 0 fully saturated rings. The molecule has 2 N–H and O–H groups in total.